The van der Waals surface area contributed by atoms with Crippen molar-refractivity contribution in [1.82, 2.24) is 14.8 Å². The van der Waals surface area contributed by atoms with E-state index >= 15 is 0 Å². The van der Waals surface area contributed by atoms with E-state index in [0.29, 0.717) is 0 Å². The Labute approximate surface area is 120 Å². The second kappa shape index (κ2) is 5.23. The van der Waals surface area contributed by atoms with Gasteiger partial charge in [0, 0.05) is 29.7 Å². The lowest BCUT2D eigenvalue weighted by Crippen LogP contribution is -2.42. The molecule has 3 heterocycles. The quantitative estimate of drug-likeness (QED) is 0.905. The zero-order valence-electron chi connectivity index (χ0n) is 12.1. The van der Waals surface area contributed by atoms with Crippen LogP contribution in [-0.2, 0) is 13.0 Å². The third-order valence-corrected chi connectivity index (χ3v) is 4.81. The first-order chi connectivity index (χ1) is 9.90. The number of piperidine rings is 1. The van der Waals surface area contributed by atoms with Crippen LogP contribution in [0.5, 0.6) is 0 Å². The van der Waals surface area contributed by atoms with Gasteiger partial charge in [-0.3, -0.25) is 9.80 Å². The van der Waals surface area contributed by atoms with Gasteiger partial charge in [-0.1, -0.05) is 24.6 Å². The zero-order chi connectivity index (χ0) is 13.4. The number of aromatic nitrogens is 1. The second-order valence-electron chi connectivity index (χ2n) is 6.25. The number of likely N-dealkylation sites (tertiary alicyclic amines) is 1. The van der Waals surface area contributed by atoms with Gasteiger partial charge >= 0.3 is 0 Å². The standard InChI is InChI=1S/C17H23N3/c1-4-9-19(10-5-1)13-20-11-8-15-14-6-2-3-7-16(14)18-17(15)12-20/h2-3,6-7,18H,1,4-5,8-13H2. The molecule has 1 fully saturated rings. The molecule has 1 aromatic carbocycles. The predicted molar refractivity (Wildman–Crippen MR) is 82.7 cm³/mol. The smallest absolute Gasteiger partial charge is 0.0510 e. The Balaban J connectivity index is 1.51. The van der Waals surface area contributed by atoms with Gasteiger partial charge < -0.3 is 4.98 Å². The molecule has 2 aliphatic rings. The molecule has 0 bridgehead atoms. The Bertz CT molecular complexity index is 595. The number of aromatic amines is 1. The highest BCUT2D eigenvalue weighted by Crippen LogP contribution is 2.27. The fourth-order valence-corrected chi connectivity index (χ4v) is 3.75. The van der Waals surface area contributed by atoms with Gasteiger partial charge in [-0.15, -0.1) is 0 Å². The van der Waals surface area contributed by atoms with Gasteiger partial charge in [-0.25, -0.2) is 0 Å². The monoisotopic (exact) mass is 269 g/mol. The molecular formula is C17H23N3. The summed E-state index contributed by atoms with van der Waals surface area (Å²) in [5.41, 5.74) is 4.29. The molecule has 0 amide bonds. The Hall–Kier alpha value is -1.32. The summed E-state index contributed by atoms with van der Waals surface area (Å²) in [5.74, 6) is 0. The van der Waals surface area contributed by atoms with Gasteiger partial charge in [0.05, 0.1) is 6.67 Å². The maximum absolute atomic E-state index is 3.62. The van der Waals surface area contributed by atoms with Crippen molar-refractivity contribution in [3.8, 4) is 0 Å². The molecular weight excluding hydrogens is 246 g/mol. The van der Waals surface area contributed by atoms with Crippen LogP contribution >= 0.6 is 0 Å². The van der Waals surface area contributed by atoms with E-state index < -0.39 is 0 Å². The van der Waals surface area contributed by atoms with Gasteiger partial charge in [0.25, 0.3) is 0 Å². The highest BCUT2D eigenvalue weighted by atomic mass is 15.3. The van der Waals surface area contributed by atoms with Gasteiger partial charge in [0.2, 0.25) is 0 Å². The van der Waals surface area contributed by atoms with Crippen LogP contribution in [0.2, 0.25) is 0 Å². The van der Waals surface area contributed by atoms with E-state index in [1.165, 1.54) is 61.9 Å². The Morgan fingerprint density at radius 1 is 0.950 bits per heavy atom. The van der Waals surface area contributed by atoms with Crippen molar-refractivity contribution in [3.63, 3.8) is 0 Å². The number of para-hydroxylation sites is 1. The molecule has 0 atom stereocenters. The molecule has 0 unspecified atom stereocenters. The van der Waals surface area contributed by atoms with Crippen LogP contribution in [0.3, 0.4) is 0 Å². The third kappa shape index (κ3) is 2.25. The highest BCUT2D eigenvalue weighted by Gasteiger charge is 2.22. The molecule has 4 rings (SSSR count). The summed E-state index contributed by atoms with van der Waals surface area (Å²) in [6.07, 6.45) is 5.37. The van der Waals surface area contributed by atoms with Crippen LogP contribution in [0, 0.1) is 0 Å². The van der Waals surface area contributed by atoms with Crippen molar-refractivity contribution < 1.29 is 0 Å². The van der Waals surface area contributed by atoms with E-state index in [4.69, 9.17) is 0 Å². The van der Waals surface area contributed by atoms with E-state index in [2.05, 4.69) is 39.0 Å². The van der Waals surface area contributed by atoms with Crippen molar-refractivity contribution in [1.29, 1.82) is 0 Å². The van der Waals surface area contributed by atoms with Crippen LogP contribution in [0.25, 0.3) is 10.9 Å². The molecule has 1 saturated heterocycles. The van der Waals surface area contributed by atoms with E-state index in [0.717, 1.165) is 13.2 Å². The molecule has 3 heteroatoms. The average Bonchev–Trinajstić information content (AvgIpc) is 2.86. The van der Waals surface area contributed by atoms with E-state index in [-0.39, 0.29) is 0 Å². The summed E-state index contributed by atoms with van der Waals surface area (Å²) in [4.78, 5) is 8.85. The molecule has 0 spiro atoms. The summed E-state index contributed by atoms with van der Waals surface area (Å²) >= 11 is 0. The fraction of sp³-hybridized carbons (Fsp3) is 0.529. The normalized spacial score (nSPS) is 21.2. The fourth-order valence-electron chi connectivity index (χ4n) is 3.75. The van der Waals surface area contributed by atoms with Crippen molar-refractivity contribution >= 4 is 10.9 Å². The second-order valence-corrected chi connectivity index (χ2v) is 6.25. The lowest BCUT2D eigenvalue weighted by Gasteiger charge is -2.34. The summed E-state index contributed by atoms with van der Waals surface area (Å²) in [7, 11) is 0. The first-order valence-corrected chi connectivity index (χ1v) is 7.93. The van der Waals surface area contributed by atoms with Crippen molar-refractivity contribution in [2.45, 2.75) is 32.2 Å². The van der Waals surface area contributed by atoms with Gasteiger partial charge in [0.1, 0.15) is 0 Å². The van der Waals surface area contributed by atoms with Crippen LogP contribution in [0.1, 0.15) is 30.5 Å². The number of fused-ring (bicyclic) bond motifs is 3. The largest absolute Gasteiger partial charge is 0.357 e. The summed E-state index contributed by atoms with van der Waals surface area (Å²) in [5, 5.41) is 1.43. The first kappa shape index (κ1) is 12.4. The number of hydrogen-bond acceptors (Lipinski definition) is 2. The van der Waals surface area contributed by atoms with Gasteiger partial charge in [0.15, 0.2) is 0 Å². The number of H-pyrrole nitrogens is 1. The van der Waals surface area contributed by atoms with Crippen molar-refractivity contribution in [2.24, 2.45) is 0 Å². The number of rotatable bonds is 2. The maximum Gasteiger partial charge on any atom is 0.0510 e. The minimum absolute atomic E-state index is 1.08. The molecule has 0 radical (unpaired) electrons. The van der Waals surface area contributed by atoms with Gasteiger partial charge in [-0.2, -0.15) is 0 Å². The summed E-state index contributed by atoms with van der Waals surface area (Å²) < 4.78 is 0. The third-order valence-electron chi connectivity index (χ3n) is 4.81. The number of hydrogen-bond donors (Lipinski definition) is 1. The minimum atomic E-state index is 1.08. The SMILES string of the molecule is c1ccc2c3c([nH]c2c1)CN(CN1CCCCC1)CC3. The molecule has 0 aliphatic carbocycles. The molecule has 1 N–H and O–H groups in total. The molecule has 3 nitrogen and oxygen atoms in total. The first-order valence-electron chi connectivity index (χ1n) is 7.93. The molecule has 20 heavy (non-hydrogen) atoms. The van der Waals surface area contributed by atoms with Crippen molar-refractivity contribution in [2.75, 3.05) is 26.3 Å². The van der Waals surface area contributed by atoms with E-state index in [9.17, 15) is 0 Å². The lowest BCUT2D eigenvalue weighted by atomic mass is 10.0. The minimum Gasteiger partial charge on any atom is -0.357 e. The predicted octanol–water partition coefficient (Wildman–Crippen LogP) is 2.97. The number of nitrogens with zero attached hydrogens (tertiary/aromatic N) is 2. The van der Waals surface area contributed by atoms with E-state index in [1.54, 1.807) is 5.56 Å². The average molecular weight is 269 g/mol. The number of nitrogens with one attached hydrogen (secondary N) is 1. The van der Waals surface area contributed by atoms with Crippen LogP contribution in [-0.4, -0.2) is 41.1 Å². The van der Waals surface area contributed by atoms with Crippen LogP contribution in [0.15, 0.2) is 24.3 Å². The molecule has 2 aromatic rings. The molecule has 2 aliphatic heterocycles. The van der Waals surface area contributed by atoms with Crippen LogP contribution in [0.4, 0.5) is 0 Å². The zero-order valence-corrected chi connectivity index (χ0v) is 12.1. The molecule has 1 aromatic heterocycles. The Kier molecular flexibility index (Phi) is 3.25. The van der Waals surface area contributed by atoms with Crippen LogP contribution < -0.4 is 0 Å². The molecule has 106 valence electrons. The Morgan fingerprint density at radius 2 is 1.80 bits per heavy atom. The Morgan fingerprint density at radius 3 is 2.70 bits per heavy atom. The van der Waals surface area contributed by atoms with E-state index in [1.807, 2.05) is 0 Å². The number of benzene rings is 1. The topological polar surface area (TPSA) is 22.3 Å². The maximum atomic E-state index is 3.62. The summed E-state index contributed by atoms with van der Waals surface area (Å²) in [6.45, 7) is 6.01. The lowest BCUT2D eigenvalue weighted by molar-refractivity contribution is 0.103. The molecule has 0 saturated carbocycles. The highest BCUT2D eigenvalue weighted by molar-refractivity contribution is 5.84. The summed E-state index contributed by atoms with van der Waals surface area (Å²) in [6, 6.07) is 8.72. The van der Waals surface area contributed by atoms with Gasteiger partial charge in [-0.05, 0) is 44.0 Å². The van der Waals surface area contributed by atoms with Crippen molar-refractivity contribution in [3.05, 3.63) is 35.5 Å².